The van der Waals surface area contributed by atoms with Gasteiger partial charge in [0.1, 0.15) is 11.5 Å². The van der Waals surface area contributed by atoms with Gasteiger partial charge in [0.15, 0.2) is 6.10 Å². The van der Waals surface area contributed by atoms with Gasteiger partial charge in [0.2, 0.25) is 10.0 Å². The SMILES string of the molecule is COc1ccccc1CNC(=O)C1CN(S(C)(=O)=O)c2cc(C)ccc2O1. The van der Waals surface area contributed by atoms with Gasteiger partial charge in [0.25, 0.3) is 5.91 Å². The first kappa shape index (κ1) is 19.0. The van der Waals surface area contributed by atoms with Crippen LogP contribution in [0.2, 0.25) is 0 Å². The number of methoxy groups -OCH3 is 1. The van der Waals surface area contributed by atoms with Crippen LogP contribution in [0, 0.1) is 6.92 Å². The van der Waals surface area contributed by atoms with Crippen molar-refractivity contribution in [1.29, 1.82) is 0 Å². The summed E-state index contributed by atoms with van der Waals surface area (Å²) in [6.45, 7) is 2.04. The summed E-state index contributed by atoms with van der Waals surface area (Å²) in [5.41, 5.74) is 2.18. The third-order valence-electron chi connectivity index (χ3n) is 4.32. The fourth-order valence-electron chi connectivity index (χ4n) is 2.96. The molecule has 1 atom stereocenters. The summed E-state index contributed by atoms with van der Waals surface area (Å²) in [5, 5.41) is 2.79. The third-order valence-corrected chi connectivity index (χ3v) is 5.47. The molecule has 0 saturated heterocycles. The van der Waals surface area contributed by atoms with Crippen LogP contribution in [0.3, 0.4) is 0 Å². The highest BCUT2D eigenvalue weighted by atomic mass is 32.2. The fourth-order valence-corrected chi connectivity index (χ4v) is 3.86. The van der Waals surface area contributed by atoms with Crippen molar-refractivity contribution in [3.8, 4) is 11.5 Å². The number of carbonyl (C=O) groups excluding carboxylic acids is 1. The van der Waals surface area contributed by atoms with Crippen LogP contribution in [-0.4, -0.2) is 40.3 Å². The molecule has 144 valence electrons. The molecular formula is C19H22N2O5S. The lowest BCUT2D eigenvalue weighted by molar-refractivity contribution is -0.127. The molecule has 2 aromatic rings. The minimum Gasteiger partial charge on any atom is -0.496 e. The summed E-state index contributed by atoms with van der Waals surface area (Å²) in [4.78, 5) is 12.6. The number of para-hydroxylation sites is 1. The van der Waals surface area contributed by atoms with Crippen LogP contribution in [0.15, 0.2) is 42.5 Å². The number of hydrogen-bond acceptors (Lipinski definition) is 5. The van der Waals surface area contributed by atoms with E-state index in [0.29, 0.717) is 17.2 Å². The zero-order valence-electron chi connectivity index (χ0n) is 15.4. The van der Waals surface area contributed by atoms with Crippen molar-refractivity contribution in [2.75, 3.05) is 24.2 Å². The van der Waals surface area contributed by atoms with Crippen LogP contribution in [0.4, 0.5) is 5.69 Å². The van der Waals surface area contributed by atoms with Gasteiger partial charge in [-0.3, -0.25) is 9.10 Å². The van der Waals surface area contributed by atoms with Crippen LogP contribution < -0.4 is 19.1 Å². The molecule has 1 aliphatic heterocycles. The van der Waals surface area contributed by atoms with Crippen molar-refractivity contribution in [3.05, 3.63) is 53.6 Å². The molecule has 0 bridgehead atoms. The molecule has 0 radical (unpaired) electrons. The van der Waals surface area contributed by atoms with Gasteiger partial charge in [-0.1, -0.05) is 24.3 Å². The Kier molecular flexibility index (Phi) is 5.27. The van der Waals surface area contributed by atoms with Crippen LogP contribution in [0.1, 0.15) is 11.1 Å². The molecule has 0 saturated carbocycles. The molecule has 0 aromatic heterocycles. The predicted molar refractivity (Wildman–Crippen MR) is 103 cm³/mol. The topological polar surface area (TPSA) is 84.9 Å². The van der Waals surface area contributed by atoms with Crippen LogP contribution in [-0.2, 0) is 21.4 Å². The number of benzene rings is 2. The number of anilines is 1. The summed E-state index contributed by atoms with van der Waals surface area (Å²) in [6.07, 6.45) is 0.179. The minimum absolute atomic E-state index is 0.0763. The van der Waals surface area contributed by atoms with Gasteiger partial charge in [0.05, 0.1) is 25.6 Å². The number of nitrogens with one attached hydrogen (secondary N) is 1. The van der Waals surface area contributed by atoms with Crippen LogP contribution >= 0.6 is 0 Å². The summed E-state index contributed by atoms with van der Waals surface area (Å²) in [7, 11) is -1.98. The first-order valence-corrected chi connectivity index (χ1v) is 10.3. The van der Waals surface area contributed by atoms with E-state index in [1.165, 1.54) is 4.31 Å². The van der Waals surface area contributed by atoms with E-state index in [-0.39, 0.29) is 19.0 Å². The second-order valence-electron chi connectivity index (χ2n) is 6.40. The Morgan fingerprint density at radius 3 is 2.74 bits per heavy atom. The average Bonchev–Trinajstić information content (AvgIpc) is 2.64. The second kappa shape index (κ2) is 7.48. The molecule has 1 amide bonds. The number of nitrogens with zero attached hydrogens (tertiary/aromatic N) is 1. The van der Waals surface area contributed by atoms with E-state index in [9.17, 15) is 13.2 Å². The standard InChI is InChI=1S/C19H22N2O5S/c1-13-8-9-17-15(10-13)21(27(3,23)24)12-18(26-17)19(22)20-11-14-6-4-5-7-16(14)25-2/h4-10,18H,11-12H2,1-3H3,(H,20,22). The van der Waals surface area contributed by atoms with Gasteiger partial charge < -0.3 is 14.8 Å². The third kappa shape index (κ3) is 4.16. The van der Waals surface area contributed by atoms with Gasteiger partial charge in [-0.15, -0.1) is 0 Å². The van der Waals surface area contributed by atoms with Crippen molar-refractivity contribution >= 4 is 21.6 Å². The Bertz CT molecular complexity index is 958. The van der Waals surface area contributed by atoms with Crippen molar-refractivity contribution in [2.45, 2.75) is 19.6 Å². The van der Waals surface area contributed by atoms with Crippen molar-refractivity contribution < 1.29 is 22.7 Å². The zero-order valence-corrected chi connectivity index (χ0v) is 16.2. The largest absolute Gasteiger partial charge is 0.496 e. The highest BCUT2D eigenvalue weighted by Crippen LogP contribution is 2.35. The highest BCUT2D eigenvalue weighted by molar-refractivity contribution is 7.92. The monoisotopic (exact) mass is 390 g/mol. The maximum absolute atomic E-state index is 12.6. The van der Waals surface area contributed by atoms with Crippen molar-refractivity contribution in [2.24, 2.45) is 0 Å². The number of carbonyl (C=O) groups is 1. The molecule has 0 fully saturated rings. The van der Waals surface area contributed by atoms with Gasteiger partial charge >= 0.3 is 0 Å². The number of aryl methyl sites for hydroxylation is 1. The Balaban J connectivity index is 1.79. The van der Waals surface area contributed by atoms with E-state index < -0.39 is 16.1 Å². The van der Waals surface area contributed by atoms with E-state index in [1.54, 1.807) is 19.2 Å². The number of sulfonamides is 1. The van der Waals surface area contributed by atoms with Gasteiger partial charge in [0, 0.05) is 12.1 Å². The molecule has 0 aliphatic carbocycles. The predicted octanol–water partition coefficient (Wildman–Crippen LogP) is 1.85. The minimum atomic E-state index is -3.55. The molecular weight excluding hydrogens is 368 g/mol. The summed E-state index contributed by atoms with van der Waals surface area (Å²) >= 11 is 0. The van der Waals surface area contributed by atoms with Gasteiger partial charge in [-0.05, 0) is 30.7 Å². The molecule has 7 nitrogen and oxygen atoms in total. The number of fused-ring (bicyclic) bond motifs is 1. The zero-order chi connectivity index (χ0) is 19.6. The summed E-state index contributed by atoms with van der Waals surface area (Å²) < 4.78 is 36.7. The second-order valence-corrected chi connectivity index (χ2v) is 8.31. The lowest BCUT2D eigenvalue weighted by atomic mass is 10.1. The normalized spacial score (nSPS) is 16.3. The van der Waals surface area contributed by atoms with Crippen molar-refractivity contribution in [1.82, 2.24) is 5.32 Å². The molecule has 3 rings (SSSR count). The molecule has 27 heavy (non-hydrogen) atoms. The smallest absolute Gasteiger partial charge is 0.263 e. The Morgan fingerprint density at radius 2 is 2.04 bits per heavy atom. The number of rotatable bonds is 5. The first-order valence-electron chi connectivity index (χ1n) is 8.44. The van der Waals surface area contributed by atoms with E-state index in [1.807, 2.05) is 37.3 Å². The van der Waals surface area contributed by atoms with Gasteiger partial charge in [-0.25, -0.2) is 8.42 Å². The highest BCUT2D eigenvalue weighted by Gasteiger charge is 2.35. The molecule has 1 unspecified atom stereocenters. The lowest BCUT2D eigenvalue weighted by Gasteiger charge is -2.34. The van der Waals surface area contributed by atoms with E-state index >= 15 is 0 Å². The summed E-state index contributed by atoms with van der Waals surface area (Å²) in [6, 6.07) is 12.6. The van der Waals surface area contributed by atoms with E-state index in [0.717, 1.165) is 17.4 Å². The molecule has 1 aliphatic rings. The maximum Gasteiger partial charge on any atom is 0.263 e. The number of ether oxygens (including phenoxy) is 2. The lowest BCUT2D eigenvalue weighted by Crippen LogP contribution is -2.50. The molecule has 1 N–H and O–H groups in total. The van der Waals surface area contributed by atoms with Crippen LogP contribution in [0.25, 0.3) is 0 Å². The van der Waals surface area contributed by atoms with Gasteiger partial charge in [-0.2, -0.15) is 0 Å². The Hall–Kier alpha value is -2.74. The summed E-state index contributed by atoms with van der Waals surface area (Å²) in [5.74, 6) is 0.649. The molecule has 1 heterocycles. The van der Waals surface area contributed by atoms with Crippen LogP contribution in [0.5, 0.6) is 11.5 Å². The molecule has 8 heteroatoms. The quantitative estimate of drug-likeness (QED) is 0.842. The Morgan fingerprint density at radius 1 is 1.30 bits per heavy atom. The number of hydrogen-bond donors (Lipinski definition) is 1. The Labute approximate surface area is 158 Å². The fraction of sp³-hybridized carbons (Fsp3) is 0.316. The maximum atomic E-state index is 12.6. The molecule has 0 spiro atoms. The number of amides is 1. The van der Waals surface area contributed by atoms with E-state index in [2.05, 4.69) is 5.32 Å². The first-order chi connectivity index (χ1) is 12.8. The average molecular weight is 390 g/mol. The van der Waals surface area contributed by atoms with Crippen molar-refractivity contribution in [3.63, 3.8) is 0 Å². The van der Waals surface area contributed by atoms with E-state index in [4.69, 9.17) is 9.47 Å². The molecule has 2 aromatic carbocycles.